The molecule has 1 heterocycles. The molecule has 1 aromatic rings. The summed E-state index contributed by atoms with van der Waals surface area (Å²) in [4.78, 5) is 9.01. The molecule has 0 bridgehead atoms. The standard InChI is InChI=1S/C15H21BrN2O/c1-9-3-6-12(7-10(9)2)19-14-8-13(16)17-15(18-14)11-4-5-11/h8-12H,3-7H2,1-2H3. The molecule has 3 unspecified atom stereocenters. The average molecular weight is 325 g/mol. The third-order valence-corrected chi connectivity index (χ3v) is 4.87. The summed E-state index contributed by atoms with van der Waals surface area (Å²) in [5.74, 6) is 3.81. The molecule has 3 rings (SSSR count). The van der Waals surface area contributed by atoms with Gasteiger partial charge in [-0.05, 0) is 59.9 Å². The number of hydrogen-bond acceptors (Lipinski definition) is 3. The lowest BCUT2D eigenvalue weighted by molar-refractivity contribution is 0.0960. The van der Waals surface area contributed by atoms with Crippen LogP contribution in [0.15, 0.2) is 10.7 Å². The molecule has 0 amide bonds. The van der Waals surface area contributed by atoms with Gasteiger partial charge < -0.3 is 4.74 Å². The number of halogens is 1. The molecule has 0 aliphatic heterocycles. The highest BCUT2D eigenvalue weighted by atomic mass is 79.9. The van der Waals surface area contributed by atoms with E-state index in [9.17, 15) is 0 Å². The van der Waals surface area contributed by atoms with Crippen molar-refractivity contribution < 1.29 is 4.74 Å². The van der Waals surface area contributed by atoms with E-state index in [1.165, 1.54) is 19.3 Å². The first kappa shape index (κ1) is 13.3. The van der Waals surface area contributed by atoms with Crippen LogP contribution in [0.4, 0.5) is 0 Å². The molecule has 0 N–H and O–H groups in total. The fourth-order valence-electron chi connectivity index (χ4n) is 2.77. The molecule has 0 radical (unpaired) electrons. The zero-order chi connectivity index (χ0) is 13.4. The minimum absolute atomic E-state index is 0.319. The van der Waals surface area contributed by atoms with E-state index in [1.807, 2.05) is 6.07 Å². The molecule has 3 nitrogen and oxygen atoms in total. The van der Waals surface area contributed by atoms with Gasteiger partial charge in [0.1, 0.15) is 16.5 Å². The quantitative estimate of drug-likeness (QED) is 0.776. The van der Waals surface area contributed by atoms with Crippen LogP contribution in [0.2, 0.25) is 0 Å². The molecule has 0 spiro atoms. The van der Waals surface area contributed by atoms with Crippen LogP contribution in [0.5, 0.6) is 5.88 Å². The first-order valence-corrected chi connectivity index (χ1v) is 8.12. The van der Waals surface area contributed by atoms with Crippen LogP contribution >= 0.6 is 15.9 Å². The van der Waals surface area contributed by atoms with Crippen LogP contribution in [-0.4, -0.2) is 16.1 Å². The lowest BCUT2D eigenvalue weighted by Gasteiger charge is -2.31. The van der Waals surface area contributed by atoms with Crippen LogP contribution in [0.25, 0.3) is 0 Å². The smallest absolute Gasteiger partial charge is 0.218 e. The Morgan fingerprint density at radius 1 is 1.11 bits per heavy atom. The Kier molecular flexibility index (Phi) is 3.79. The molecule has 2 saturated carbocycles. The maximum Gasteiger partial charge on any atom is 0.218 e. The van der Waals surface area contributed by atoms with E-state index in [4.69, 9.17) is 4.74 Å². The number of rotatable bonds is 3. The minimum Gasteiger partial charge on any atom is -0.474 e. The highest BCUT2D eigenvalue weighted by molar-refractivity contribution is 9.10. The molecule has 3 atom stereocenters. The van der Waals surface area contributed by atoms with Crippen molar-refractivity contribution in [2.24, 2.45) is 11.8 Å². The van der Waals surface area contributed by atoms with Gasteiger partial charge in [0.2, 0.25) is 5.88 Å². The van der Waals surface area contributed by atoms with Gasteiger partial charge in [-0.1, -0.05) is 13.8 Å². The van der Waals surface area contributed by atoms with Crippen molar-refractivity contribution in [3.8, 4) is 5.88 Å². The summed E-state index contributed by atoms with van der Waals surface area (Å²) in [5.41, 5.74) is 0. The summed E-state index contributed by atoms with van der Waals surface area (Å²) in [5, 5.41) is 0. The Labute approximate surface area is 123 Å². The Morgan fingerprint density at radius 2 is 1.89 bits per heavy atom. The maximum absolute atomic E-state index is 6.09. The number of nitrogens with zero attached hydrogens (tertiary/aromatic N) is 2. The Morgan fingerprint density at radius 3 is 2.58 bits per heavy atom. The molecular formula is C15H21BrN2O. The zero-order valence-corrected chi connectivity index (χ0v) is 13.2. The second-order valence-electron chi connectivity index (χ2n) is 6.17. The van der Waals surface area contributed by atoms with Gasteiger partial charge in [-0.15, -0.1) is 0 Å². The predicted octanol–water partition coefficient (Wildman–Crippen LogP) is 4.32. The van der Waals surface area contributed by atoms with Crippen molar-refractivity contribution in [1.82, 2.24) is 9.97 Å². The van der Waals surface area contributed by atoms with E-state index >= 15 is 0 Å². The molecular weight excluding hydrogens is 304 g/mol. The molecule has 1 aromatic heterocycles. The third kappa shape index (κ3) is 3.28. The van der Waals surface area contributed by atoms with Gasteiger partial charge in [0.05, 0.1) is 0 Å². The summed E-state index contributed by atoms with van der Waals surface area (Å²) in [7, 11) is 0. The van der Waals surface area contributed by atoms with Gasteiger partial charge in [-0.2, -0.15) is 4.98 Å². The van der Waals surface area contributed by atoms with Crippen LogP contribution in [-0.2, 0) is 0 Å². The van der Waals surface area contributed by atoms with Gasteiger partial charge in [0.25, 0.3) is 0 Å². The van der Waals surface area contributed by atoms with E-state index in [0.717, 1.165) is 41.0 Å². The highest BCUT2D eigenvalue weighted by Crippen LogP contribution is 2.39. The van der Waals surface area contributed by atoms with Crippen molar-refractivity contribution in [2.75, 3.05) is 0 Å². The van der Waals surface area contributed by atoms with Gasteiger partial charge in [0, 0.05) is 12.0 Å². The van der Waals surface area contributed by atoms with Crippen molar-refractivity contribution >= 4 is 15.9 Å². The molecule has 2 fully saturated rings. The fraction of sp³-hybridized carbons (Fsp3) is 0.733. The van der Waals surface area contributed by atoms with Gasteiger partial charge in [-0.3, -0.25) is 0 Å². The van der Waals surface area contributed by atoms with Gasteiger partial charge >= 0.3 is 0 Å². The van der Waals surface area contributed by atoms with Crippen molar-refractivity contribution in [3.63, 3.8) is 0 Å². The highest BCUT2D eigenvalue weighted by Gasteiger charge is 2.29. The van der Waals surface area contributed by atoms with Gasteiger partial charge in [-0.25, -0.2) is 4.98 Å². The number of hydrogen-bond donors (Lipinski definition) is 0. The van der Waals surface area contributed by atoms with E-state index in [-0.39, 0.29) is 0 Å². The fourth-order valence-corrected chi connectivity index (χ4v) is 3.15. The first-order chi connectivity index (χ1) is 9.11. The Hall–Kier alpha value is -0.640. The van der Waals surface area contributed by atoms with E-state index in [2.05, 4.69) is 39.7 Å². The van der Waals surface area contributed by atoms with Crippen molar-refractivity contribution in [1.29, 1.82) is 0 Å². The van der Waals surface area contributed by atoms with Crippen molar-refractivity contribution in [2.45, 2.75) is 58.0 Å². The summed E-state index contributed by atoms with van der Waals surface area (Å²) < 4.78 is 6.94. The topological polar surface area (TPSA) is 35.0 Å². The second kappa shape index (κ2) is 5.39. The van der Waals surface area contributed by atoms with Crippen LogP contribution in [0, 0.1) is 11.8 Å². The lowest BCUT2D eigenvalue weighted by Crippen LogP contribution is -2.29. The van der Waals surface area contributed by atoms with E-state index in [1.54, 1.807) is 0 Å². The van der Waals surface area contributed by atoms with Crippen LogP contribution in [0.1, 0.15) is 57.7 Å². The molecule has 2 aliphatic carbocycles. The van der Waals surface area contributed by atoms with Crippen LogP contribution in [0.3, 0.4) is 0 Å². The summed E-state index contributed by atoms with van der Waals surface area (Å²) in [6.07, 6.45) is 6.29. The van der Waals surface area contributed by atoms with E-state index in [0.29, 0.717) is 12.0 Å². The SMILES string of the molecule is CC1CCC(Oc2cc(Br)nc(C3CC3)n2)CC1C. The molecule has 4 heteroatoms. The summed E-state index contributed by atoms with van der Waals surface area (Å²) in [6, 6.07) is 1.90. The van der Waals surface area contributed by atoms with Gasteiger partial charge in [0.15, 0.2) is 0 Å². The Balaban J connectivity index is 1.69. The maximum atomic E-state index is 6.09. The third-order valence-electron chi connectivity index (χ3n) is 4.47. The average Bonchev–Trinajstić information content (AvgIpc) is 3.17. The normalized spacial score (nSPS) is 31.2. The zero-order valence-electron chi connectivity index (χ0n) is 11.6. The number of aromatic nitrogens is 2. The molecule has 19 heavy (non-hydrogen) atoms. The van der Waals surface area contributed by atoms with E-state index < -0.39 is 0 Å². The monoisotopic (exact) mass is 324 g/mol. The summed E-state index contributed by atoms with van der Waals surface area (Å²) in [6.45, 7) is 4.67. The molecule has 0 aromatic carbocycles. The predicted molar refractivity (Wildman–Crippen MR) is 78.3 cm³/mol. The minimum atomic E-state index is 0.319. The van der Waals surface area contributed by atoms with Crippen LogP contribution < -0.4 is 4.74 Å². The number of ether oxygens (including phenoxy) is 1. The molecule has 2 aliphatic rings. The second-order valence-corrected chi connectivity index (χ2v) is 6.98. The lowest BCUT2D eigenvalue weighted by atomic mass is 9.80. The molecule has 104 valence electrons. The first-order valence-electron chi connectivity index (χ1n) is 7.33. The van der Waals surface area contributed by atoms with Crippen molar-refractivity contribution in [3.05, 3.63) is 16.5 Å². The largest absolute Gasteiger partial charge is 0.474 e. The Bertz CT molecular complexity index is 461. The summed E-state index contributed by atoms with van der Waals surface area (Å²) >= 11 is 3.46. The molecule has 0 saturated heterocycles.